The van der Waals surface area contributed by atoms with Gasteiger partial charge in [0.2, 0.25) is 5.91 Å². The summed E-state index contributed by atoms with van der Waals surface area (Å²) in [4.78, 5) is 43.3. The summed E-state index contributed by atoms with van der Waals surface area (Å²) in [6, 6.07) is 2.21. The van der Waals surface area contributed by atoms with Crippen LogP contribution in [0.5, 0.6) is 0 Å². The number of ether oxygens (including phenoxy) is 1. The fourth-order valence-corrected chi connectivity index (χ4v) is 11.5. The molecule has 1 saturated heterocycles. The molecule has 1 amide bonds. The average molecular weight is 589 g/mol. The van der Waals surface area contributed by atoms with Gasteiger partial charge in [-0.3, -0.25) is 14.4 Å². The van der Waals surface area contributed by atoms with Crippen LogP contribution in [0, 0.1) is 61.6 Å². The fourth-order valence-electron chi connectivity index (χ4n) is 11.5. The zero-order chi connectivity index (χ0) is 31.2. The van der Waals surface area contributed by atoms with Crippen molar-refractivity contribution in [3.05, 3.63) is 23.3 Å². The predicted molar refractivity (Wildman–Crippen MR) is 166 cm³/mol. The second-order valence-corrected chi connectivity index (χ2v) is 17.1. The van der Waals surface area contributed by atoms with Crippen LogP contribution in [0.4, 0.5) is 0 Å². The zero-order valence-corrected chi connectivity index (χ0v) is 27.6. The van der Waals surface area contributed by atoms with Crippen molar-refractivity contribution >= 4 is 17.5 Å². The number of nitrogens with zero attached hydrogens (tertiary/aromatic N) is 2. The Morgan fingerprint density at radius 3 is 2.35 bits per heavy atom. The van der Waals surface area contributed by atoms with Gasteiger partial charge < -0.3 is 9.64 Å². The molecule has 0 aromatic carbocycles. The highest BCUT2D eigenvalue weighted by atomic mass is 16.5. The summed E-state index contributed by atoms with van der Waals surface area (Å²) in [6.45, 7) is 18.3. The number of fused-ring (bicyclic) bond motifs is 7. The van der Waals surface area contributed by atoms with Gasteiger partial charge in [-0.1, -0.05) is 60.1 Å². The Labute approximate surface area is 258 Å². The van der Waals surface area contributed by atoms with Crippen LogP contribution in [-0.4, -0.2) is 48.7 Å². The zero-order valence-electron chi connectivity index (χ0n) is 27.6. The van der Waals surface area contributed by atoms with E-state index in [1.807, 2.05) is 30.9 Å². The van der Waals surface area contributed by atoms with Crippen molar-refractivity contribution in [2.24, 2.45) is 50.2 Å². The molecule has 6 nitrogen and oxygen atoms in total. The number of allylic oxidation sites excluding steroid dienone is 4. The molecule has 0 spiro atoms. The van der Waals surface area contributed by atoms with Gasteiger partial charge in [0, 0.05) is 36.3 Å². The Kier molecular flexibility index (Phi) is 7.06. The molecule has 4 fully saturated rings. The molecule has 3 saturated carbocycles. The van der Waals surface area contributed by atoms with Gasteiger partial charge in [0.25, 0.3) is 0 Å². The minimum absolute atomic E-state index is 0.00718. The minimum atomic E-state index is -0.653. The molecule has 1 aliphatic heterocycles. The highest BCUT2D eigenvalue weighted by molar-refractivity contribution is 6.04. The van der Waals surface area contributed by atoms with E-state index in [0.717, 1.165) is 56.9 Å². The van der Waals surface area contributed by atoms with Gasteiger partial charge in [-0.25, -0.2) is 0 Å². The number of nitriles is 1. The number of amides is 1. The number of carbonyl (C=O) groups excluding carboxylic acids is 3. The number of carbonyl (C=O) groups is 3. The molecular formula is C37H52N2O4. The Morgan fingerprint density at radius 1 is 1.00 bits per heavy atom. The molecule has 0 aromatic rings. The van der Waals surface area contributed by atoms with Crippen molar-refractivity contribution in [2.45, 2.75) is 106 Å². The smallest absolute Gasteiger partial charge is 0.222 e. The molecule has 0 radical (unpaired) electrons. The monoisotopic (exact) mass is 588 g/mol. The van der Waals surface area contributed by atoms with Gasteiger partial charge in [0.05, 0.1) is 18.8 Å². The third-order valence-corrected chi connectivity index (χ3v) is 14.2. The maximum absolute atomic E-state index is 14.7. The summed E-state index contributed by atoms with van der Waals surface area (Å²) in [5.74, 6) is 0.635. The van der Waals surface area contributed by atoms with Crippen LogP contribution < -0.4 is 0 Å². The molecule has 0 aromatic heterocycles. The van der Waals surface area contributed by atoms with E-state index in [1.54, 1.807) is 0 Å². The van der Waals surface area contributed by atoms with Crippen LogP contribution in [0.2, 0.25) is 0 Å². The molecule has 7 atom stereocenters. The van der Waals surface area contributed by atoms with Crippen molar-refractivity contribution in [3.63, 3.8) is 0 Å². The number of Topliss-reactive ketones (excluding diaryl/α,β-unsaturated/α-hetero) is 1. The number of hydrogen-bond acceptors (Lipinski definition) is 5. The first-order valence-corrected chi connectivity index (χ1v) is 16.8. The molecule has 6 rings (SSSR count). The second-order valence-electron chi connectivity index (χ2n) is 17.1. The van der Waals surface area contributed by atoms with Gasteiger partial charge in [0.15, 0.2) is 11.6 Å². The van der Waals surface area contributed by atoms with Crippen LogP contribution >= 0.6 is 0 Å². The van der Waals surface area contributed by atoms with E-state index in [-0.39, 0.29) is 62.5 Å². The lowest BCUT2D eigenvalue weighted by Gasteiger charge is -2.69. The molecule has 234 valence electrons. The normalized spacial score (nSPS) is 43.2. The van der Waals surface area contributed by atoms with Crippen molar-refractivity contribution in [2.75, 3.05) is 26.3 Å². The van der Waals surface area contributed by atoms with Crippen LogP contribution in [0.25, 0.3) is 0 Å². The van der Waals surface area contributed by atoms with Gasteiger partial charge in [0.1, 0.15) is 6.07 Å². The third-order valence-electron chi connectivity index (χ3n) is 14.2. The maximum atomic E-state index is 14.7. The van der Waals surface area contributed by atoms with Gasteiger partial charge in [-0.15, -0.1) is 0 Å². The van der Waals surface area contributed by atoms with E-state index >= 15 is 0 Å². The topological polar surface area (TPSA) is 87.5 Å². The summed E-state index contributed by atoms with van der Waals surface area (Å²) in [5.41, 5.74) is -0.0232. The molecule has 5 aliphatic carbocycles. The first kappa shape index (κ1) is 30.8. The summed E-state index contributed by atoms with van der Waals surface area (Å²) in [7, 11) is 0. The highest BCUT2D eigenvalue weighted by Crippen LogP contribution is 2.75. The van der Waals surface area contributed by atoms with Crippen molar-refractivity contribution in [1.82, 2.24) is 4.90 Å². The molecule has 2 unspecified atom stereocenters. The Hall–Kier alpha value is -2.26. The third kappa shape index (κ3) is 4.30. The standard InChI is InChI=1S/C37H52N2O4/c1-32(2)12-14-37(11-9-29(41)39-16-18-43-19-17-39)15-13-36(7)30(25(37)22-32)26(40)20-28-34(5)21-24(23-38)31(42)33(3,4)27(34)8-10-35(28,36)6/h20-21,25,27,30H,8-19,22H2,1-7H3/t25?,27-,30?,34-,35+,36+,37+/m0/s1. The van der Waals surface area contributed by atoms with E-state index in [9.17, 15) is 19.6 Å². The summed E-state index contributed by atoms with van der Waals surface area (Å²) >= 11 is 0. The molecule has 0 N–H and O–H groups in total. The molecule has 6 heteroatoms. The summed E-state index contributed by atoms with van der Waals surface area (Å²) in [6.07, 6.45) is 12.5. The highest BCUT2D eigenvalue weighted by Gasteiger charge is 2.69. The van der Waals surface area contributed by atoms with Crippen molar-refractivity contribution in [3.8, 4) is 6.07 Å². The number of hydrogen-bond donors (Lipinski definition) is 0. The lowest BCUT2D eigenvalue weighted by atomic mass is 9.34. The van der Waals surface area contributed by atoms with Crippen molar-refractivity contribution < 1.29 is 19.1 Å². The lowest BCUT2D eigenvalue weighted by molar-refractivity contribution is -0.173. The van der Waals surface area contributed by atoms with E-state index in [4.69, 9.17) is 4.74 Å². The molecular weight excluding hydrogens is 536 g/mol. The van der Waals surface area contributed by atoms with E-state index in [0.29, 0.717) is 32.7 Å². The summed E-state index contributed by atoms with van der Waals surface area (Å²) < 4.78 is 5.48. The van der Waals surface area contributed by atoms with Crippen LogP contribution in [0.1, 0.15) is 106 Å². The van der Waals surface area contributed by atoms with E-state index in [1.165, 1.54) is 0 Å². The van der Waals surface area contributed by atoms with Gasteiger partial charge in [-0.2, -0.15) is 5.26 Å². The Morgan fingerprint density at radius 2 is 1.67 bits per heavy atom. The SMILES string of the molecule is CC1(C)CC[C@]2(CCC(=O)N3CCOCC3)CC[C@]3(C)C(C(=O)C=C4[C@@]5(C)C=C(C#N)C(=O)C(C)(C)[C@@H]5CC[C@]43C)C2C1. The van der Waals surface area contributed by atoms with Crippen LogP contribution in [0.3, 0.4) is 0 Å². The largest absolute Gasteiger partial charge is 0.378 e. The van der Waals surface area contributed by atoms with Crippen LogP contribution in [-0.2, 0) is 19.1 Å². The Bertz CT molecular complexity index is 1340. The quantitative estimate of drug-likeness (QED) is 0.360. The Balaban J connectivity index is 1.40. The fraction of sp³-hybridized carbons (Fsp3) is 0.784. The molecule has 6 aliphatic rings. The van der Waals surface area contributed by atoms with Crippen molar-refractivity contribution in [1.29, 1.82) is 5.26 Å². The lowest BCUT2D eigenvalue weighted by Crippen LogP contribution is -2.64. The predicted octanol–water partition coefficient (Wildman–Crippen LogP) is 6.84. The van der Waals surface area contributed by atoms with E-state index < -0.39 is 10.8 Å². The van der Waals surface area contributed by atoms with E-state index in [2.05, 4.69) is 40.7 Å². The number of ketones is 2. The number of rotatable bonds is 3. The number of morpholine rings is 1. The van der Waals surface area contributed by atoms with Gasteiger partial charge >= 0.3 is 0 Å². The molecule has 1 heterocycles. The molecule has 43 heavy (non-hydrogen) atoms. The van der Waals surface area contributed by atoms with Gasteiger partial charge in [-0.05, 0) is 90.9 Å². The minimum Gasteiger partial charge on any atom is -0.378 e. The van der Waals surface area contributed by atoms with Crippen LogP contribution in [0.15, 0.2) is 23.3 Å². The first-order valence-electron chi connectivity index (χ1n) is 16.8. The molecule has 0 bridgehead atoms. The first-order chi connectivity index (χ1) is 20.0. The second kappa shape index (κ2) is 9.87. The maximum Gasteiger partial charge on any atom is 0.222 e. The average Bonchev–Trinajstić information content (AvgIpc) is 2.95. The summed E-state index contributed by atoms with van der Waals surface area (Å²) in [5, 5.41) is 9.97.